The number of benzene rings is 1. The summed E-state index contributed by atoms with van der Waals surface area (Å²) in [7, 11) is 0. The number of nitrogens with zero attached hydrogens (tertiary/aromatic N) is 3. The van der Waals surface area contributed by atoms with Gasteiger partial charge >= 0.3 is 5.97 Å². The number of anilines is 1. The number of piperidine rings is 1. The van der Waals surface area contributed by atoms with Crippen molar-refractivity contribution >= 4 is 11.8 Å². The topological polar surface area (TPSA) is 86.5 Å². The Morgan fingerprint density at radius 1 is 1.32 bits per heavy atom. The Kier molecular flexibility index (Phi) is 4.52. The molecular weight excluding hydrogens is 325 g/mol. The SMILES string of the molecule is N#Cc1ccnc(N2CCC(Oc3ccccc3F)(C(=O)O)CC2)c1. The lowest BCUT2D eigenvalue weighted by Gasteiger charge is -2.39. The van der Waals surface area contributed by atoms with Crippen LogP contribution in [0.2, 0.25) is 0 Å². The van der Waals surface area contributed by atoms with Crippen molar-refractivity contribution in [3.05, 3.63) is 54.0 Å². The predicted molar refractivity (Wildman–Crippen MR) is 87.8 cm³/mol. The van der Waals surface area contributed by atoms with E-state index in [4.69, 9.17) is 10.00 Å². The van der Waals surface area contributed by atoms with Crippen LogP contribution in [0.3, 0.4) is 0 Å². The third kappa shape index (κ3) is 3.38. The second-order valence-electron chi connectivity index (χ2n) is 5.83. The van der Waals surface area contributed by atoms with Gasteiger partial charge in [-0.05, 0) is 24.3 Å². The number of halogens is 1. The van der Waals surface area contributed by atoms with Gasteiger partial charge in [-0.3, -0.25) is 0 Å². The molecule has 7 heteroatoms. The molecule has 1 saturated heterocycles. The zero-order chi connectivity index (χ0) is 17.9. The first kappa shape index (κ1) is 16.7. The normalized spacial score (nSPS) is 16.1. The lowest BCUT2D eigenvalue weighted by atomic mass is 9.91. The van der Waals surface area contributed by atoms with E-state index in [2.05, 4.69) is 11.1 Å². The molecule has 0 atom stereocenters. The van der Waals surface area contributed by atoms with Crippen LogP contribution in [-0.2, 0) is 4.79 Å². The number of aromatic nitrogens is 1. The van der Waals surface area contributed by atoms with E-state index < -0.39 is 17.4 Å². The molecule has 0 amide bonds. The van der Waals surface area contributed by atoms with E-state index in [0.29, 0.717) is 24.5 Å². The third-order valence-electron chi connectivity index (χ3n) is 4.30. The van der Waals surface area contributed by atoms with Crippen molar-refractivity contribution in [1.82, 2.24) is 4.98 Å². The number of ether oxygens (including phenoxy) is 1. The second kappa shape index (κ2) is 6.77. The van der Waals surface area contributed by atoms with Crippen LogP contribution in [0.25, 0.3) is 0 Å². The molecule has 2 heterocycles. The summed E-state index contributed by atoms with van der Waals surface area (Å²) in [6.45, 7) is 0.755. The minimum atomic E-state index is -1.48. The molecular formula is C18H16FN3O3. The molecule has 3 rings (SSSR count). The summed E-state index contributed by atoms with van der Waals surface area (Å²) in [6, 6.07) is 11.1. The molecule has 128 valence electrons. The zero-order valence-corrected chi connectivity index (χ0v) is 13.4. The number of pyridine rings is 1. The Labute approximate surface area is 144 Å². The monoisotopic (exact) mass is 341 g/mol. The van der Waals surface area contributed by atoms with Crippen LogP contribution in [0.15, 0.2) is 42.6 Å². The molecule has 0 spiro atoms. The van der Waals surface area contributed by atoms with Gasteiger partial charge in [0.2, 0.25) is 5.60 Å². The van der Waals surface area contributed by atoms with Gasteiger partial charge in [0, 0.05) is 32.1 Å². The first-order valence-corrected chi connectivity index (χ1v) is 7.82. The molecule has 0 unspecified atom stereocenters. The molecule has 1 fully saturated rings. The lowest BCUT2D eigenvalue weighted by molar-refractivity contribution is -0.157. The summed E-state index contributed by atoms with van der Waals surface area (Å²) in [4.78, 5) is 17.9. The molecule has 1 aromatic heterocycles. The predicted octanol–water partition coefficient (Wildman–Crippen LogP) is 2.59. The van der Waals surface area contributed by atoms with Gasteiger partial charge in [-0.2, -0.15) is 5.26 Å². The number of para-hydroxylation sites is 1. The van der Waals surface area contributed by atoms with Gasteiger partial charge in [0.15, 0.2) is 11.6 Å². The first-order valence-electron chi connectivity index (χ1n) is 7.82. The minimum Gasteiger partial charge on any atom is -0.478 e. The van der Waals surface area contributed by atoms with Gasteiger partial charge in [-0.15, -0.1) is 0 Å². The highest BCUT2D eigenvalue weighted by Gasteiger charge is 2.44. The molecule has 0 radical (unpaired) electrons. The van der Waals surface area contributed by atoms with Gasteiger partial charge < -0.3 is 14.7 Å². The van der Waals surface area contributed by atoms with Gasteiger partial charge in [0.25, 0.3) is 0 Å². The lowest BCUT2D eigenvalue weighted by Crippen LogP contribution is -2.53. The van der Waals surface area contributed by atoms with Crippen molar-refractivity contribution < 1.29 is 19.0 Å². The Balaban J connectivity index is 1.78. The summed E-state index contributed by atoms with van der Waals surface area (Å²) in [5, 5.41) is 18.6. The quantitative estimate of drug-likeness (QED) is 0.920. The molecule has 1 N–H and O–H groups in total. The maximum atomic E-state index is 13.8. The van der Waals surface area contributed by atoms with E-state index in [1.165, 1.54) is 18.2 Å². The number of carbonyl (C=O) groups is 1. The van der Waals surface area contributed by atoms with Crippen molar-refractivity contribution in [3.63, 3.8) is 0 Å². The van der Waals surface area contributed by atoms with Crippen molar-refractivity contribution in [2.75, 3.05) is 18.0 Å². The number of aliphatic carboxylic acids is 1. The molecule has 6 nitrogen and oxygen atoms in total. The molecule has 0 aliphatic carbocycles. The summed E-state index contributed by atoms with van der Waals surface area (Å²) < 4.78 is 19.4. The van der Waals surface area contributed by atoms with Crippen LogP contribution in [0.5, 0.6) is 5.75 Å². The molecule has 2 aromatic rings. The summed E-state index contributed by atoms with van der Waals surface area (Å²) in [5.74, 6) is -1.16. The summed E-state index contributed by atoms with van der Waals surface area (Å²) in [5.41, 5.74) is -0.992. The van der Waals surface area contributed by atoms with Crippen LogP contribution < -0.4 is 9.64 Å². The van der Waals surface area contributed by atoms with Gasteiger partial charge in [0.1, 0.15) is 5.82 Å². The Morgan fingerprint density at radius 2 is 2.04 bits per heavy atom. The van der Waals surface area contributed by atoms with E-state index in [1.807, 2.05) is 4.90 Å². The number of carboxylic acid groups (broad SMARTS) is 1. The number of hydrogen-bond acceptors (Lipinski definition) is 5. The molecule has 0 bridgehead atoms. The standard InChI is InChI=1S/C18H16FN3O3/c19-14-3-1-2-4-15(14)25-18(17(23)24)6-9-22(10-7-18)16-11-13(12-20)5-8-21-16/h1-5,8,11H,6-7,9-10H2,(H,23,24). The number of rotatable bonds is 4. The highest BCUT2D eigenvalue weighted by molar-refractivity contribution is 5.78. The molecule has 25 heavy (non-hydrogen) atoms. The minimum absolute atomic E-state index is 0.0667. The summed E-state index contributed by atoms with van der Waals surface area (Å²) in [6.07, 6.45) is 1.90. The average Bonchev–Trinajstić information content (AvgIpc) is 2.64. The third-order valence-corrected chi connectivity index (χ3v) is 4.30. The van der Waals surface area contributed by atoms with Crippen molar-refractivity contribution in [2.24, 2.45) is 0 Å². The van der Waals surface area contributed by atoms with Crippen LogP contribution >= 0.6 is 0 Å². The van der Waals surface area contributed by atoms with Gasteiger partial charge in [-0.1, -0.05) is 12.1 Å². The smallest absolute Gasteiger partial charge is 0.348 e. The van der Waals surface area contributed by atoms with E-state index in [0.717, 1.165) is 0 Å². The second-order valence-corrected chi connectivity index (χ2v) is 5.83. The van der Waals surface area contributed by atoms with Gasteiger partial charge in [0.05, 0.1) is 11.6 Å². The largest absolute Gasteiger partial charge is 0.478 e. The maximum absolute atomic E-state index is 13.8. The molecule has 1 aromatic carbocycles. The van der Waals surface area contributed by atoms with E-state index in [9.17, 15) is 14.3 Å². The van der Waals surface area contributed by atoms with E-state index in [-0.39, 0.29) is 18.6 Å². The van der Waals surface area contributed by atoms with Gasteiger partial charge in [-0.25, -0.2) is 14.2 Å². The fraction of sp³-hybridized carbons (Fsp3) is 0.278. The number of nitriles is 1. The van der Waals surface area contributed by atoms with Crippen LogP contribution in [0.1, 0.15) is 18.4 Å². The fourth-order valence-corrected chi connectivity index (χ4v) is 2.86. The molecule has 1 aliphatic heterocycles. The number of carboxylic acids is 1. The van der Waals surface area contributed by atoms with Crippen LogP contribution in [-0.4, -0.2) is 34.8 Å². The number of hydrogen-bond donors (Lipinski definition) is 1. The highest BCUT2D eigenvalue weighted by Crippen LogP contribution is 2.32. The fourth-order valence-electron chi connectivity index (χ4n) is 2.86. The van der Waals surface area contributed by atoms with E-state index in [1.54, 1.807) is 24.4 Å². The molecule has 1 aliphatic rings. The van der Waals surface area contributed by atoms with Crippen LogP contribution in [0, 0.1) is 17.1 Å². The molecule has 0 saturated carbocycles. The maximum Gasteiger partial charge on any atom is 0.348 e. The Bertz CT molecular complexity index is 826. The van der Waals surface area contributed by atoms with Crippen molar-refractivity contribution in [2.45, 2.75) is 18.4 Å². The zero-order valence-electron chi connectivity index (χ0n) is 13.4. The van der Waals surface area contributed by atoms with Crippen molar-refractivity contribution in [1.29, 1.82) is 5.26 Å². The van der Waals surface area contributed by atoms with Crippen molar-refractivity contribution in [3.8, 4) is 11.8 Å². The highest BCUT2D eigenvalue weighted by atomic mass is 19.1. The Morgan fingerprint density at radius 3 is 2.68 bits per heavy atom. The average molecular weight is 341 g/mol. The van der Waals surface area contributed by atoms with E-state index >= 15 is 0 Å². The van der Waals surface area contributed by atoms with Crippen LogP contribution in [0.4, 0.5) is 10.2 Å². The Hall–Kier alpha value is -3.14. The summed E-state index contributed by atoms with van der Waals surface area (Å²) >= 11 is 0. The first-order chi connectivity index (χ1) is 12.0.